The molecule has 4 aliphatic rings. The van der Waals surface area contributed by atoms with E-state index in [2.05, 4.69) is 11.3 Å². The van der Waals surface area contributed by atoms with Gasteiger partial charge < -0.3 is 14.4 Å². The molecule has 288 valence electrons. The Hall–Kier alpha value is -4.40. The first-order valence-electron chi connectivity index (χ1n) is 17.9. The number of ether oxygens (including phenoxy) is 2. The van der Waals surface area contributed by atoms with E-state index >= 15 is 0 Å². The van der Waals surface area contributed by atoms with Gasteiger partial charge in [-0.1, -0.05) is 23.8 Å². The fraction of sp³-hybridized carbons (Fsp3) is 0.579. The molecular formula is C38H48FN3O10S. The summed E-state index contributed by atoms with van der Waals surface area (Å²) in [5.74, 6) is -5.47. The van der Waals surface area contributed by atoms with Crippen molar-refractivity contribution in [3.8, 4) is 0 Å². The number of nitrogens with one attached hydrogen (secondary N) is 1. The molecule has 2 saturated carbocycles. The first-order chi connectivity index (χ1) is 24.7. The third-order valence-corrected chi connectivity index (χ3v) is 11.8. The molecular weight excluding hydrogens is 709 g/mol. The molecule has 0 bridgehead atoms. The minimum atomic E-state index is -3.93. The zero-order valence-electron chi connectivity index (χ0n) is 30.8. The number of halogens is 1. The maximum Gasteiger partial charge on any atom is 0.410 e. The molecule has 0 unspecified atom stereocenters. The van der Waals surface area contributed by atoms with Crippen molar-refractivity contribution in [2.24, 2.45) is 17.3 Å². The molecule has 1 saturated heterocycles. The predicted molar refractivity (Wildman–Crippen MR) is 189 cm³/mol. The van der Waals surface area contributed by atoms with Gasteiger partial charge in [0.1, 0.15) is 17.5 Å². The molecule has 13 nitrogen and oxygen atoms in total. The van der Waals surface area contributed by atoms with Crippen LogP contribution in [-0.4, -0.2) is 83.2 Å². The van der Waals surface area contributed by atoms with Gasteiger partial charge in [0.25, 0.3) is 0 Å². The van der Waals surface area contributed by atoms with E-state index in [-0.39, 0.29) is 38.9 Å². The van der Waals surface area contributed by atoms with Crippen molar-refractivity contribution in [2.45, 2.75) is 116 Å². The number of esters is 1. The van der Waals surface area contributed by atoms with E-state index in [0.717, 1.165) is 0 Å². The van der Waals surface area contributed by atoms with Crippen molar-refractivity contribution in [1.29, 1.82) is 0 Å². The first kappa shape index (κ1) is 39.8. The monoisotopic (exact) mass is 757 g/mol. The number of hydrogen-bond donors (Lipinski definition) is 1. The number of fused-ring (bicyclic) bond motifs is 1. The van der Waals surface area contributed by atoms with Gasteiger partial charge in [0.15, 0.2) is 11.6 Å². The summed E-state index contributed by atoms with van der Waals surface area (Å²) in [5.41, 5.74) is -0.633. The Morgan fingerprint density at radius 1 is 1.09 bits per heavy atom. The van der Waals surface area contributed by atoms with E-state index in [1.54, 1.807) is 46.8 Å². The minimum Gasteiger partial charge on any atom is -0.460 e. The minimum absolute atomic E-state index is 0.0344. The highest BCUT2D eigenvalue weighted by Gasteiger charge is 2.61. The molecule has 0 radical (unpaired) electrons. The summed E-state index contributed by atoms with van der Waals surface area (Å²) in [4.78, 5) is 83.9. The van der Waals surface area contributed by atoms with Crippen LogP contribution in [0.25, 0.3) is 0 Å². The number of likely N-dealkylation sites (tertiary alicyclic amines) is 1. The number of ketones is 2. The van der Waals surface area contributed by atoms with Gasteiger partial charge in [-0.05, 0) is 77.5 Å². The number of Topliss-reactive ketones (excluding diaryl/α,β-unsaturated/α-hetero) is 1. The Kier molecular flexibility index (Phi) is 11.4. The van der Waals surface area contributed by atoms with Gasteiger partial charge in [0, 0.05) is 31.4 Å². The highest BCUT2D eigenvalue weighted by molar-refractivity contribution is 7.90. The van der Waals surface area contributed by atoms with Crippen molar-refractivity contribution in [1.82, 2.24) is 14.5 Å². The molecule has 3 amide bonds. The second kappa shape index (κ2) is 15.2. The number of nitrogens with zero attached hydrogens (tertiary/aromatic N) is 2. The molecule has 0 spiro atoms. The van der Waals surface area contributed by atoms with Crippen LogP contribution in [-0.2, 0) is 56.6 Å². The van der Waals surface area contributed by atoms with Crippen molar-refractivity contribution >= 4 is 45.5 Å². The van der Waals surface area contributed by atoms with E-state index in [0.29, 0.717) is 29.5 Å². The molecule has 2 aliphatic heterocycles. The van der Waals surface area contributed by atoms with E-state index in [1.807, 2.05) is 0 Å². The second-order valence-corrected chi connectivity index (χ2v) is 17.8. The summed E-state index contributed by atoms with van der Waals surface area (Å²) in [6.45, 7) is 11.9. The molecule has 5 atom stereocenters. The lowest BCUT2D eigenvalue weighted by Crippen LogP contribution is -2.47. The summed E-state index contributed by atoms with van der Waals surface area (Å²) in [5, 5.41) is -0.672. The lowest BCUT2D eigenvalue weighted by molar-refractivity contribution is -0.159. The largest absolute Gasteiger partial charge is 0.460 e. The Morgan fingerprint density at radius 3 is 2.38 bits per heavy atom. The smallest absolute Gasteiger partial charge is 0.410 e. The zero-order valence-corrected chi connectivity index (χ0v) is 31.6. The average Bonchev–Trinajstić information content (AvgIpc) is 3.93. The lowest BCUT2D eigenvalue weighted by atomic mass is 9.90. The molecule has 1 aromatic carbocycles. The second-order valence-electron chi connectivity index (χ2n) is 15.9. The summed E-state index contributed by atoms with van der Waals surface area (Å²) in [7, 11) is -3.93. The fourth-order valence-corrected chi connectivity index (χ4v) is 8.54. The van der Waals surface area contributed by atoms with Crippen LogP contribution in [0.15, 0.2) is 42.5 Å². The van der Waals surface area contributed by atoms with Crippen LogP contribution in [0.1, 0.15) is 90.7 Å². The summed E-state index contributed by atoms with van der Waals surface area (Å²) in [6, 6.07) is 3.30. The molecule has 1 N–H and O–H groups in total. The molecule has 1 aromatic rings. The van der Waals surface area contributed by atoms with Crippen LogP contribution in [0.4, 0.5) is 9.18 Å². The topological polar surface area (TPSA) is 174 Å². The highest BCUT2D eigenvalue weighted by atomic mass is 32.2. The summed E-state index contributed by atoms with van der Waals surface area (Å²) in [6.07, 6.45) is 0.624. The third-order valence-electron chi connectivity index (χ3n) is 10.0. The standard InChI is InChI=1S/C38H48FN3O10S/c1-7-25-17-38(25,35(47)40-53(49,50)28-11-12-28)18-32(44)31-16-27(51-36(48)41-19-23-9-8-10-30(39)29(23)21-41)20-42(31)34(46)24(14-26(43)13-22(2)3)15-33(45)52-37(4,5)6/h7-10,13,24-25,27-28,31H,1,11-12,14-21H2,2-6H3,(H,40,47)/t24-,25-,27-,31+,38-/m1/s1. The summed E-state index contributed by atoms with van der Waals surface area (Å²) >= 11 is 0. The quantitative estimate of drug-likeness (QED) is 0.164. The third kappa shape index (κ3) is 9.40. The number of amides is 3. The van der Waals surface area contributed by atoms with E-state index in [4.69, 9.17) is 9.47 Å². The molecule has 2 heterocycles. The van der Waals surface area contributed by atoms with E-state index < -0.39 is 104 Å². The van der Waals surface area contributed by atoms with Crippen molar-refractivity contribution in [2.75, 3.05) is 6.54 Å². The number of carbonyl (C=O) groups excluding carboxylic acids is 6. The summed E-state index contributed by atoms with van der Waals surface area (Å²) < 4.78 is 53.2. The number of benzene rings is 1. The van der Waals surface area contributed by atoms with Crippen LogP contribution in [0.5, 0.6) is 0 Å². The molecule has 5 rings (SSSR count). The maximum absolute atomic E-state index is 14.4. The maximum atomic E-state index is 14.4. The highest BCUT2D eigenvalue weighted by Crippen LogP contribution is 2.57. The van der Waals surface area contributed by atoms with Crippen LogP contribution >= 0.6 is 0 Å². The Balaban J connectivity index is 1.40. The van der Waals surface area contributed by atoms with Crippen LogP contribution in [0, 0.1) is 23.1 Å². The Bertz CT molecular complexity index is 1850. The van der Waals surface area contributed by atoms with Gasteiger partial charge in [-0.2, -0.15) is 0 Å². The van der Waals surface area contributed by atoms with Gasteiger partial charge in [-0.25, -0.2) is 17.6 Å². The van der Waals surface area contributed by atoms with Gasteiger partial charge in [0.05, 0.1) is 42.1 Å². The number of sulfonamides is 1. The van der Waals surface area contributed by atoms with Crippen LogP contribution in [0.3, 0.4) is 0 Å². The molecule has 0 aromatic heterocycles. The SMILES string of the molecule is C=C[C@@H]1C[C@]1(CC(=O)[C@@H]1C[C@@H](OC(=O)N2Cc3cccc(F)c3C2)CN1C(=O)[C@H](CC(=O)C=C(C)C)CC(=O)OC(C)(C)C)C(=O)NS(=O)(=O)C1CC1. The van der Waals surface area contributed by atoms with Gasteiger partial charge in [-0.15, -0.1) is 6.58 Å². The average molecular weight is 758 g/mol. The normalized spacial score (nSPS) is 24.1. The number of rotatable bonds is 14. The molecule has 3 fully saturated rings. The van der Waals surface area contributed by atoms with Crippen LogP contribution < -0.4 is 4.72 Å². The molecule has 15 heteroatoms. The number of allylic oxidation sites excluding steroid dienone is 3. The van der Waals surface area contributed by atoms with E-state index in [9.17, 15) is 41.6 Å². The molecule has 53 heavy (non-hydrogen) atoms. The molecule has 2 aliphatic carbocycles. The van der Waals surface area contributed by atoms with Gasteiger partial charge in [-0.3, -0.25) is 33.6 Å². The predicted octanol–water partition coefficient (Wildman–Crippen LogP) is 4.28. The van der Waals surface area contributed by atoms with Crippen molar-refractivity contribution in [3.63, 3.8) is 0 Å². The van der Waals surface area contributed by atoms with Crippen molar-refractivity contribution in [3.05, 3.63) is 59.4 Å². The Morgan fingerprint density at radius 2 is 1.79 bits per heavy atom. The van der Waals surface area contributed by atoms with Gasteiger partial charge in [0.2, 0.25) is 21.8 Å². The Labute approximate surface area is 309 Å². The van der Waals surface area contributed by atoms with E-state index in [1.165, 1.54) is 28.0 Å². The number of hydrogen-bond acceptors (Lipinski definition) is 10. The lowest BCUT2D eigenvalue weighted by Gasteiger charge is -2.29. The zero-order chi connectivity index (χ0) is 39.0. The number of carbonyl (C=O) groups is 6. The van der Waals surface area contributed by atoms with Crippen LogP contribution in [0.2, 0.25) is 0 Å². The van der Waals surface area contributed by atoms with Gasteiger partial charge >= 0.3 is 12.1 Å². The van der Waals surface area contributed by atoms with Crippen molar-refractivity contribution < 1.29 is 51.0 Å². The first-order valence-corrected chi connectivity index (χ1v) is 19.4. The fourth-order valence-electron chi connectivity index (χ4n) is 7.16.